The Morgan fingerprint density at radius 1 is 1.33 bits per heavy atom. The Bertz CT molecular complexity index is 191. The summed E-state index contributed by atoms with van der Waals surface area (Å²) in [5, 5.41) is 9.22. The summed E-state index contributed by atoms with van der Waals surface area (Å²) in [6.45, 7) is 11.9. The smallest absolute Gasteiger partial charge is 0.0471 e. The molecule has 2 heteroatoms. The van der Waals surface area contributed by atoms with E-state index in [1.165, 1.54) is 25.8 Å². The van der Waals surface area contributed by atoms with E-state index in [2.05, 4.69) is 32.6 Å². The molecule has 1 aliphatic rings. The van der Waals surface area contributed by atoms with E-state index in [4.69, 9.17) is 0 Å². The van der Waals surface area contributed by atoms with Crippen LogP contribution in [0.5, 0.6) is 0 Å². The Kier molecular flexibility index (Phi) is 4.60. The zero-order chi connectivity index (χ0) is 11.5. The van der Waals surface area contributed by atoms with Crippen molar-refractivity contribution in [3.63, 3.8) is 0 Å². The van der Waals surface area contributed by atoms with E-state index in [0.717, 1.165) is 6.54 Å². The highest BCUT2D eigenvalue weighted by Gasteiger charge is 2.28. The van der Waals surface area contributed by atoms with Crippen molar-refractivity contribution < 1.29 is 5.11 Å². The second kappa shape index (κ2) is 5.31. The van der Waals surface area contributed by atoms with Gasteiger partial charge in [0.2, 0.25) is 0 Å². The summed E-state index contributed by atoms with van der Waals surface area (Å²) < 4.78 is 0. The minimum Gasteiger partial charge on any atom is -0.396 e. The van der Waals surface area contributed by atoms with Crippen LogP contribution in [0.1, 0.15) is 47.0 Å². The first-order valence-electron chi connectivity index (χ1n) is 6.33. The van der Waals surface area contributed by atoms with Crippen LogP contribution in [0.25, 0.3) is 0 Å². The van der Waals surface area contributed by atoms with Gasteiger partial charge in [-0.25, -0.2) is 0 Å². The van der Waals surface area contributed by atoms with Crippen molar-refractivity contribution in [2.75, 3.05) is 19.7 Å². The maximum atomic E-state index is 9.22. The largest absolute Gasteiger partial charge is 0.396 e. The lowest BCUT2D eigenvalue weighted by Crippen LogP contribution is -2.46. The van der Waals surface area contributed by atoms with Gasteiger partial charge in [0, 0.05) is 25.7 Å². The summed E-state index contributed by atoms with van der Waals surface area (Å²) in [5.74, 6) is 0.508. The van der Waals surface area contributed by atoms with Crippen LogP contribution in [0.3, 0.4) is 0 Å². The van der Waals surface area contributed by atoms with Crippen LogP contribution in [0.4, 0.5) is 0 Å². The highest BCUT2D eigenvalue weighted by molar-refractivity contribution is 4.82. The summed E-state index contributed by atoms with van der Waals surface area (Å²) >= 11 is 0. The fourth-order valence-electron chi connectivity index (χ4n) is 2.29. The number of aliphatic hydroxyl groups excluding tert-OH is 1. The first-order chi connectivity index (χ1) is 6.98. The number of hydrogen-bond donors (Lipinski definition) is 1. The van der Waals surface area contributed by atoms with Gasteiger partial charge in [-0.15, -0.1) is 0 Å². The minimum absolute atomic E-state index is 0.357. The van der Waals surface area contributed by atoms with E-state index >= 15 is 0 Å². The quantitative estimate of drug-likeness (QED) is 0.775. The van der Waals surface area contributed by atoms with E-state index in [9.17, 15) is 5.11 Å². The second-order valence-electron chi connectivity index (χ2n) is 5.92. The summed E-state index contributed by atoms with van der Waals surface area (Å²) in [6.07, 6.45) is 3.66. The lowest BCUT2D eigenvalue weighted by atomic mass is 9.86. The average molecular weight is 213 g/mol. The molecule has 90 valence electrons. The number of nitrogens with zero attached hydrogens (tertiary/aromatic N) is 1. The van der Waals surface area contributed by atoms with Gasteiger partial charge in [0.15, 0.2) is 0 Å². The molecule has 0 saturated carbocycles. The Morgan fingerprint density at radius 2 is 2.00 bits per heavy atom. The van der Waals surface area contributed by atoms with Gasteiger partial charge in [0.1, 0.15) is 0 Å². The van der Waals surface area contributed by atoms with Gasteiger partial charge < -0.3 is 5.11 Å². The van der Waals surface area contributed by atoms with Gasteiger partial charge >= 0.3 is 0 Å². The van der Waals surface area contributed by atoms with Crippen LogP contribution < -0.4 is 0 Å². The van der Waals surface area contributed by atoms with Crippen LogP contribution in [-0.4, -0.2) is 35.7 Å². The third-order valence-corrected chi connectivity index (χ3v) is 3.96. The van der Waals surface area contributed by atoms with Crippen LogP contribution in [0.2, 0.25) is 0 Å². The van der Waals surface area contributed by atoms with Gasteiger partial charge in [-0.2, -0.15) is 0 Å². The molecule has 0 aromatic carbocycles. The Hall–Kier alpha value is -0.0800. The molecule has 2 nitrogen and oxygen atoms in total. The summed E-state index contributed by atoms with van der Waals surface area (Å²) in [4.78, 5) is 2.56. The molecule has 1 N–H and O–H groups in total. The van der Waals surface area contributed by atoms with Gasteiger partial charge in [-0.3, -0.25) is 4.90 Å². The molecular weight excluding hydrogens is 186 g/mol. The topological polar surface area (TPSA) is 23.5 Å². The van der Waals surface area contributed by atoms with E-state index in [1.807, 2.05) is 0 Å². The second-order valence-corrected chi connectivity index (χ2v) is 5.92. The third-order valence-electron chi connectivity index (χ3n) is 3.96. The highest BCUT2D eigenvalue weighted by atomic mass is 16.3. The number of hydrogen-bond acceptors (Lipinski definition) is 2. The Morgan fingerprint density at radius 3 is 2.53 bits per heavy atom. The van der Waals surface area contributed by atoms with Gasteiger partial charge in [0.25, 0.3) is 0 Å². The van der Waals surface area contributed by atoms with Gasteiger partial charge in [-0.1, -0.05) is 20.8 Å². The molecular formula is C13H27NO. The third kappa shape index (κ3) is 3.76. The first kappa shape index (κ1) is 13.0. The zero-order valence-corrected chi connectivity index (χ0v) is 10.8. The highest BCUT2D eigenvalue weighted by Crippen LogP contribution is 2.27. The molecule has 0 aromatic rings. The van der Waals surface area contributed by atoms with Crippen LogP contribution >= 0.6 is 0 Å². The van der Waals surface area contributed by atoms with Gasteiger partial charge in [0.05, 0.1) is 0 Å². The Balaban J connectivity index is 2.51. The van der Waals surface area contributed by atoms with E-state index in [-0.39, 0.29) is 0 Å². The SMILES string of the molecule is CCC(C)(C)CN1CC(CO)CCC1C. The van der Waals surface area contributed by atoms with Crippen molar-refractivity contribution in [1.82, 2.24) is 4.90 Å². The van der Waals surface area contributed by atoms with Crippen molar-refractivity contribution in [2.45, 2.75) is 53.0 Å². The van der Waals surface area contributed by atoms with Crippen LogP contribution in [0, 0.1) is 11.3 Å². The lowest BCUT2D eigenvalue weighted by Gasteiger charge is -2.41. The predicted molar refractivity (Wildman–Crippen MR) is 64.9 cm³/mol. The standard InChI is InChI=1S/C13H27NO/c1-5-13(3,4)10-14-8-12(9-15)7-6-11(14)2/h11-12,15H,5-10H2,1-4H3. The molecule has 1 saturated heterocycles. The molecule has 0 bridgehead atoms. The Labute approximate surface area is 94.7 Å². The van der Waals surface area contributed by atoms with Gasteiger partial charge in [-0.05, 0) is 37.5 Å². The molecule has 0 radical (unpaired) electrons. The van der Waals surface area contributed by atoms with Crippen molar-refractivity contribution in [2.24, 2.45) is 11.3 Å². The number of piperidine rings is 1. The predicted octanol–water partition coefficient (Wildman–Crippen LogP) is 2.52. The first-order valence-corrected chi connectivity index (χ1v) is 6.33. The van der Waals surface area contributed by atoms with Crippen molar-refractivity contribution >= 4 is 0 Å². The van der Waals surface area contributed by atoms with Crippen molar-refractivity contribution in [3.05, 3.63) is 0 Å². The maximum absolute atomic E-state index is 9.22. The van der Waals surface area contributed by atoms with E-state index in [1.54, 1.807) is 0 Å². The molecule has 1 fully saturated rings. The van der Waals surface area contributed by atoms with Crippen molar-refractivity contribution in [1.29, 1.82) is 0 Å². The average Bonchev–Trinajstić information content (AvgIpc) is 2.21. The molecule has 2 atom stereocenters. The summed E-state index contributed by atoms with van der Waals surface area (Å²) in [5.41, 5.74) is 0.408. The zero-order valence-electron chi connectivity index (χ0n) is 10.8. The summed E-state index contributed by atoms with van der Waals surface area (Å²) in [7, 11) is 0. The monoisotopic (exact) mass is 213 g/mol. The fourth-order valence-corrected chi connectivity index (χ4v) is 2.29. The molecule has 1 rings (SSSR count). The molecule has 1 aliphatic heterocycles. The molecule has 0 amide bonds. The molecule has 2 unspecified atom stereocenters. The maximum Gasteiger partial charge on any atom is 0.0471 e. The summed E-state index contributed by atoms with van der Waals surface area (Å²) in [6, 6.07) is 0.693. The van der Waals surface area contributed by atoms with E-state index in [0.29, 0.717) is 24.0 Å². The number of rotatable bonds is 4. The normalized spacial score (nSPS) is 29.4. The molecule has 0 spiro atoms. The molecule has 1 heterocycles. The van der Waals surface area contributed by atoms with E-state index < -0.39 is 0 Å². The minimum atomic E-state index is 0.357. The number of aliphatic hydroxyl groups is 1. The van der Waals surface area contributed by atoms with Crippen LogP contribution in [0.15, 0.2) is 0 Å². The number of likely N-dealkylation sites (tertiary alicyclic amines) is 1. The molecule has 15 heavy (non-hydrogen) atoms. The molecule has 0 aliphatic carbocycles. The lowest BCUT2D eigenvalue weighted by molar-refractivity contribution is 0.0520. The van der Waals surface area contributed by atoms with Crippen LogP contribution in [-0.2, 0) is 0 Å². The molecule has 0 aromatic heterocycles. The fraction of sp³-hybridized carbons (Fsp3) is 1.00. The van der Waals surface area contributed by atoms with Crippen molar-refractivity contribution in [3.8, 4) is 0 Å².